The summed E-state index contributed by atoms with van der Waals surface area (Å²) in [7, 11) is 0. The van der Waals surface area contributed by atoms with Gasteiger partial charge < -0.3 is 0 Å². The van der Waals surface area contributed by atoms with Gasteiger partial charge in [0.05, 0.1) is 10.4 Å². The van der Waals surface area contributed by atoms with Crippen molar-refractivity contribution in [1.29, 1.82) is 0 Å². The van der Waals surface area contributed by atoms with Gasteiger partial charge in [0, 0.05) is 4.88 Å². The summed E-state index contributed by atoms with van der Waals surface area (Å²) >= 11 is 14.2. The van der Waals surface area contributed by atoms with Gasteiger partial charge in [-0.2, -0.15) is 0 Å². The van der Waals surface area contributed by atoms with Crippen LogP contribution in [0.2, 0.25) is 5.02 Å². The van der Waals surface area contributed by atoms with E-state index in [4.69, 9.17) is 23.2 Å². The first-order valence-corrected chi connectivity index (χ1v) is 6.32. The van der Waals surface area contributed by atoms with Crippen molar-refractivity contribution in [3.05, 3.63) is 56.7 Å². The van der Waals surface area contributed by atoms with Crippen molar-refractivity contribution in [2.24, 2.45) is 0 Å². The highest BCUT2D eigenvalue weighted by Crippen LogP contribution is 2.39. The maximum absolute atomic E-state index is 6.38. The number of halogens is 2. The fourth-order valence-corrected chi connectivity index (χ4v) is 3.16. The van der Waals surface area contributed by atoms with Gasteiger partial charge in [0.25, 0.3) is 0 Å². The van der Waals surface area contributed by atoms with Crippen LogP contribution in [-0.2, 0) is 0 Å². The first-order valence-electron chi connectivity index (χ1n) is 4.62. The summed E-state index contributed by atoms with van der Waals surface area (Å²) in [5.41, 5.74) is 2.18. The van der Waals surface area contributed by atoms with Crippen LogP contribution in [0.1, 0.15) is 21.4 Å². The maximum Gasteiger partial charge on any atom is 0.0942 e. The Labute approximate surface area is 103 Å². The molecule has 2 aromatic rings. The van der Waals surface area contributed by atoms with Gasteiger partial charge in [-0.1, -0.05) is 41.9 Å². The molecule has 0 spiro atoms. The van der Waals surface area contributed by atoms with Gasteiger partial charge in [-0.25, -0.2) is 0 Å². The second kappa shape index (κ2) is 4.56. The molecular formula is C12H10Cl2S. The molecule has 1 heterocycles. The molecule has 0 aliphatic heterocycles. The summed E-state index contributed by atoms with van der Waals surface area (Å²) in [5.74, 6) is 0. The van der Waals surface area contributed by atoms with Crippen LogP contribution in [0.15, 0.2) is 35.7 Å². The molecule has 1 unspecified atom stereocenters. The van der Waals surface area contributed by atoms with E-state index in [1.165, 1.54) is 0 Å². The van der Waals surface area contributed by atoms with Gasteiger partial charge in [0.15, 0.2) is 0 Å². The average Bonchev–Trinajstić information content (AvgIpc) is 2.60. The Kier molecular flexibility index (Phi) is 3.35. The summed E-state index contributed by atoms with van der Waals surface area (Å²) in [6.07, 6.45) is 0. The van der Waals surface area contributed by atoms with Crippen LogP contribution in [0.25, 0.3) is 0 Å². The molecule has 0 fully saturated rings. The Morgan fingerprint density at radius 1 is 1.20 bits per heavy atom. The summed E-state index contributed by atoms with van der Waals surface area (Å²) < 4.78 is 0. The summed E-state index contributed by atoms with van der Waals surface area (Å²) in [6, 6.07) is 9.98. The van der Waals surface area contributed by atoms with Gasteiger partial charge in [-0.15, -0.1) is 22.9 Å². The third-order valence-corrected chi connectivity index (χ3v) is 4.63. The molecular weight excluding hydrogens is 247 g/mol. The average molecular weight is 257 g/mol. The molecule has 1 atom stereocenters. The monoisotopic (exact) mass is 256 g/mol. The number of aryl methyl sites for hydroxylation is 1. The third kappa shape index (κ3) is 2.20. The lowest BCUT2D eigenvalue weighted by atomic mass is 10.1. The van der Waals surface area contributed by atoms with Crippen molar-refractivity contribution >= 4 is 34.5 Å². The largest absolute Gasteiger partial charge is 0.145 e. The van der Waals surface area contributed by atoms with Crippen LogP contribution >= 0.6 is 34.5 Å². The Morgan fingerprint density at radius 3 is 2.40 bits per heavy atom. The van der Waals surface area contributed by atoms with E-state index in [-0.39, 0.29) is 5.38 Å². The van der Waals surface area contributed by atoms with Gasteiger partial charge in [0.2, 0.25) is 0 Å². The lowest BCUT2D eigenvalue weighted by molar-refractivity contribution is 1.18. The summed E-state index contributed by atoms with van der Waals surface area (Å²) in [6.45, 7) is 2.00. The zero-order valence-electron chi connectivity index (χ0n) is 8.21. The van der Waals surface area contributed by atoms with E-state index in [0.717, 1.165) is 21.0 Å². The molecule has 3 heteroatoms. The Balaban J connectivity index is 2.37. The van der Waals surface area contributed by atoms with E-state index in [1.54, 1.807) is 11.3 Å². The second-order valence-electron chi connectivity index (χ2n) is 3.37. The topological polar surface area (TPSA) is 0 Å². The van der Waals surface area contributed by atoms with E-state index in [0.29, 0.717) is 0 Å². The van der Waals surface area contributed by atoms with E-state index < -0.39 is 0 Å². The lowest BCUT2D eigenvalue weighted by Gasteiger charge is -2.08. The minimum atomic E-state index is -0.141. The minimum absolute atomic E-state index is 0.141. The molecule has 0 aliphatic rings. The number of hydrogen-bond acceptors (Lipinski definition) is 1. The molecule has 0 N–H and O–H groups in total. The molecule has 2 rings (SSSR count). The van der Waals surface area contributed by atoms with Crippen LogP contribution in [0, 0.1) is 6.92 Å². The lowest BCUT2D eigenvalue weighted by Crippen LogP contribution is -1.90. The zero-order chi connectivity index (χ0) is 10.8. The fraction of sp³-hybridized carbons (Fsp3) is 0.167. The van der Waals surface area contributed by atoms with Crippen molar-refractivity contribution in [3.8, 4) is 0 Å². The molecule has 0 aliphatic carbocycles. The third-order valence-electron chi connectivity index (χ3n) is 2.25. The van der Waals surface area contributed by atoms with Crippen molar-refractivity contribution in [2.45, 2.75) is 12.3 Å². The van der Waals surface area contributed by atoms with Gasteiger partial charge >= 0.3 is 0 Å². The SMILES string of the molecule is Cc1csc(C(Cl)c2ccccc2)c1Cl. The highest BCUT2D eigenvalue weighted by molar-refractivity contribution is 7.11. The van der Waals surface area contributed by atoms with E-state index in [2.05, 4.69) is 0 Å². The number of alkyl halides is 1. The van der Waals surface area contributed by atoms with Crippen LogP contribution in [0.3, 0.4) is 0 Å². The van der Waals surface area contributed by atoms with Crippen LogP contribution in [0.5, 0.6) is 0 Å². The highest BCUT2D eigenvalue weighted by Gasteiger charge is 2.16. The van der Waals surface area contributed by atoms with E-state index in [1.807, 2.05) is 42.6 Å². The maximum atomic E-state index is 6.38. The first kappa shape index (κ1) is 11.0. The molecule has 0 saturated carbocycles. The van der Waals surface area contributed by atoms with Crippen molar-refractivity contribution < 1.29 is 0 Å². The van der Waals surface area contributed by atoms with Gasteiger partial charge in [-0.05, 0) is 23.4 Å². The Bertz CT molecular complexity index is 448. The number of rotatable bonds is 2. The van der Waals surface area contributed by atoms with Crippen molar-refractivity contribution in [1.82, 2.24) is 0 Å². The standard InChI is InChI=1S/C12H10Cl2S/c1-8-7-15-12(10(8)13)11(14)9-5-3-2-4-6-9/h2-7,11H,1H3. The van der Waals surface area contributed by atoms with E-state index >= 15 is 0 Å². The predicted octanol–water partition coefficient (Wildman–Crippen LogP) is 5.04. The summed E-state index contributed by atoms with van der Waals surface area (Å²) in [5, 5.41) is 2.69. The van der Waals surface area contributed by atoms with Crippen LogP contribution in [0.4, 0.5) is 0 Å². The van der Waals surface area contributed by atoms with Crippen molar-refractivity contribution in [3.63, 3.8) is 0 Å². The van der Waals surface area contributed by atoms with Gasteiger partial charge in [0.1, 0.15) is 0 Å². The molecule has 1 aromatic heterocycles. The van der Waals surface area contributed by atoms with Gasteiger partial charge in [-0.3, -0.25) is 0 Å². The zero-order valence-corrected chi connectivity index (χ0v) is 10.5. The molecule has 15 heavy (non-hydrogen) atoms. The molecule has 0 saturated heterocycles. The van der Waals surface area contributed by atoms with Crippen molar-refractivity contribution in [2.75, 3.05) is 0 Å². The fourth-order valence-electron chi connectivity index (χ4n) is 1.39. The molecule has 1 aromatic carbocycles. The smallest absolute Gasteiger partial charge is 0.0942 e. The molecule has 0 bridgehead atoms. The second-order valence-corrected chi connectivity index (χ2v) is 5.10. The van der Waals surface area contributed by atoms with E-state index in [9.17, 15) is 0 Å². The van der Waals surface area contributed by atoms with Crippen LogP contribution in [-0.4, -0.2) is 0 Å². The molecule has 0 nitrogen and oxygen atoms in total. The Morgan fingerprint density at radius 2 is 1.87 bits per heavy atom. The van der Waals surface area contributed by atoms with Crippen LogP contribution < -0.4 is 0 Å². The summed E-state index contributed by atoms with van der Waals surface area (Å²) in [4.78, 5) is 1.03. The number of hydrogen-bond donors (Lipinski definition) is 0. The quantitative estimate of drug-likeness (QED) is 0.661. The minimum Gasteiger partial charge on any atom is -0.145 e. The molecule has 78 valence electrons. The highest BCUT2D eigenvalue weighted by atomic mass is 35.5. The molecule has 0 amide bonds. The molecule has 0 radical (unpaired) electrons. The number of thiophene rings is 1. The normalized spacial score (nSPS) is 12.7. The first-order chi connectivity index (χ1) is 7.20. The predicted molar refractivity (Wildman–Crippen MR) is 68.2 cm³/mol. The number of benzene rings is 1. The Hall–Kier alpha value is -0.500.